The van der Waals surface area contributed by atoms with Crippen LogP contribution in [0, 0.1) is 0 Å². The van der Waals surface area contributed by atoms with E-state index < -0.39 is 0 Å². The topological polar surface area (TPSA) is 51.8 Å². The van der Waals surface area contributed by atoms with Crippen LogP contribution < -0.4 is 0 Å². The van der Waals surface area contributed by atoms with E-state index in [4.69, 9.17) is 9.40 Å². The molecule has 0 fully saturated rings. The molecule has 0 saturated heterocycles. The molecule has 0 spiro atoms. The Labute approximate surface area is 184 Å². The Morgan fingerprint density at radius 3 is 2.39 bits per heavy atom. The molecule has 0 aliphatic heterocycles. The molecule has 3 aromatic carbocycles. The van der Waals surface area contributed by atoms with E-state index in [2.05, 4.69) is 46.6 Å². The van der Waals surface area contributed by atoms with Gasteiger partial charge < -0.3 is 4.42 Å². The lowest BCUT2D eigenvalue weighted by atomic mass is 10.0. The van der Waals surface area contributed by atoms with Gasteiger partial charge in [0.2, 0.25) is 5.89 Å². The molecule has 5 rings (SSSR count). The average Bonchev–Trinajstić information content (AvgIpc) is 3.31. The lowest BCUT2D eigenvalue weighted by Gasteiger charge is -2.07. The Morgan fingerprint density at radius 1 is 0.806 bits per heavy atom. The largest absolute Gasteiger partial charge is 0.411 e. The van der Waals surface area contributed by atoms with Crippen LogP contribution in [0.2, 0.25) is 0 Å². The van der Waals surface area contributed by atoms with Gasteiger partial charge in [-0.2, -0.15) is 0 Å². The standard InChI is InChI=1S/C26H19N3OS/c1-3-10-19(11-4-1)12-9-17-31-26-29-28-25(30-26)22-18-24(20-13-5-2-6-14-20)27-23-16-8-7-15-21(22)23/h1-16,18H,17H2/b12-9+. The predicted octanol–water partition coefficient (Wildman–Crippen LogP) is 6.76. The molecule has 0 amide bonds. The highest BCUT2D eigenvalue weighted by Gasteiger charge is 2.15. The summed E-state index contributed by atoms with van der Waals surface area (Å²) in [6.45, 7) is 0. The smallest absolute Gasteiger partial charge is 0.277 e. The number of hydrogen-bond acceptors (Lipinski definition) is 5. The number of hydrogen-bond donors (Lipinski definition) is 0. The molecule has 0 aliphatic carbocycles. The molecule has 31 heavy (non-hydrogen) atoms. The van der Waals surface area contributed by atoms with E-state index in [1.807, 2.05) is 66.7 Å². The Hall–Kier alpha value is -3.70. The van der Waals surface area contributed by atoms with Crippen LogP contribution in [0.3, 0.4) is 0 Å². The third-order valence-corrected chi connectivity index (χ3v) is 5.61. The van der Waals surface area contributed by atoms with Gasteiger partial charge in [0.25, 0.3) is 5.22 Å². The van der Waals surface area contributed by atoms with Crippen molar-refractivity contribution >= 4 is 28.7 Å². The van der Waals surface area contributed by atoms with Gasteiger partial charge in [-0.25, -0.2) is 4.98 Å². The number of aromatic nitrogens is 3. The van der Waals surface area contributed by atoms with E-state index in [0.29, 0.717) is 11.1 Å². The van der Waals surface area contributed by atoms with Crippen LogP contribution in [0.25, 0.3) is 39.7 Å². The normalized spacial score (nSPS) is 11.4. The monoisotopic (exact) mass is 421 g/mol. The first-order chi connectivity index (χ1) is 15.4. The molecule has 0 radical (unpaired) electrons. The second-order valence-electron chi connectivity index (χ2n) is 6.94. The molecule has 0 N–H and O–H groups in total. The maximum absolute atomic E-state index is 6.00. The summed E-state index contributed by atoms with van der Waals surface area (Å²) in [5.74, 6) is 1.26. The van der Waals surface area contributed by atoms with Crippen molar-refractivity contribution in [1.29, 1.82) is 0 Å². The molecule has 2 heterocycles. The van der Waals surface area contributed by atoms with Crippen LogP contribution in [-0.2, 0) is 0 Å². The van der Waals surface area contributed by atoms with Crippen molar-refractivity contribution in [2.24, 2.45) is 0 Å². The molecule has 4 nitrogen and oxygen atoms in total. The second-order valence-corrected chi connectivity index (χ2v) is 7.91. The molecule has 0 aliphatic rings. The SMILES string of the molecule is C(=C\c1ccccc1)/CSc1nnc(-c2cc(-c3ccccc3)nc3ccccc23)o1. The van der Waals surface area contributed by atoms with Crippen molar-refractivity contribution in [3.05, 3.63) is 103 Å². The summed E-state index contributed by atoms with van der Waals surface area (Å²) in [5, 5.41) is 10.1. The Kier molecular flexibility index (Phi) is 5.58. The molecule has 0 saturated carbocycles. The number of para-hydroxylation sites is 1. The first-order valence-electron chi connectivity index (χ1n) is 10.0. The molecule has 2 aromatic heterocycles. The summed E-state index contributed by atoms with van der Waals surface area (Å²) in [5.41, 5.74) is 4.90. The lowest BCUT2D eigenvalue weighted by Crippen LogP contribution is -1.89. The van der Waals surface area contributed by atoms with Crippen molar-refractivity contribution in [3.8, 4) is 22.7 Å². The van der Waals surface area contributed by atoms with Gasteiger partial charge in [-0.05, 0) is 17.7 Å². The minimum Gasteiger partial charge on any atom is -0.411 e. The molecular formula is C26H19N3OS. The lowest BCUT2D eigenvalue weighted by molar-refractivity contribution is 0.466. The van der Waals surface area contributed by atoms with E-state index in [1.165, 1.54) is 17.3 Å². The average molecular weight is 422 g/mol. The zero-order valence-corrected chi connectivity index (χ0v) is 17.5. The van der Waals surface area contributed by atoms with Crippen LogP contribution in [0.4, 0.5) is 0 Å². The highest BCUT2D eigenvalue weighted by atomic mass is 32.2. The van der Waals surface area contributed by atoms with Crippen LogP contribution in [0.1, 0.15) is 5.56 Å². The highest BCUT2D eigenvalue weighted by Crippen LogP contribution is 2.32. The number of thioether (sulfide) groups is 1. The highest BCUT2D eigenvalue weighted by molar-refractivity contribution is 7.99. The minimum atomic E-state index is 0.505. The summed E-state index contributed by atoms with van der Waals surface area (Å²) < 4.78 is 6.00. The third-order valence-electron chi connectivity index (χ3n) is 4.84. The van der Waals surface area contributed by atoms with E-state index in [0.717, 1.165) is 33.5 Å². The number of nitrogens with zero attached hydrogens (tertiary/aromatic N) is 3. The fraction of sp³-hybridized carbons (Fsp3) is 0.0385. The molecule has 5 heteroatoms. The minimum absolute atomic E-state index is 0.505. The Morgan fingerprint density at radius 2 is 1.55 bits per heavy atom. The molecule has 0 atom stereocenters. The van der Waals surface area contributed by atoms with E-state index in [1.54, 1.807) is 0 Å². The molecule has 0 unspecified atom stereocenters. The summed E-state index contributed by atoms with van der Waals surface area (Å²) in [6.07, 6.45) is 4.19. The fourth-order valence-electron chi connectivity index (χ4n) is 3.35. The first-order valence-corrected chi connectivity index (χ1v) is 11.0. The van der Waals surface area contributed by atoms with E-state index in [9.17, 15) is 0 Å². The van der Waals surface area contributed by atoms with Crippen LogP contribution in [-0.4, -0.2) is 20.9 Å². The van der Waals surface area contributed by atoms with Gasteiger partial charge in [-0.3, -0.25) is 0 Å². The van der Waals surface area contributed by atoms with Gasteiger partial charge in [-0.1, -0.05) is 103 Å². The van der Waals surface area contributed by atoms with Crippen molar-refractivity contribution < 1.29 is 4.42 Å². The molecular weight excluding hydrogens is 402 g/mol. The zero-order chi connectivity index (χ0) is 20.9. The van der Waals surface area contributed by atoms with Gasteiger partial charge in [-0.15, -0.1) is 10.2 Å². The van der Waals surface area contributed by atoms with Crippen LogP contribution in [0.5, 0.6) is 0 Å². The van der Waals surface area contributed by atoms with Crippen molar-refractivity contribution in [2.75, 3.05) is 5.75 Å². The van der Waals surface area contributed by atoms with Crippen molar-refractivity contribution in [2.45, 2.75) is 5.22 Å². The van der Waals surface area contributed by atoms with Crippen molar-refractivity contribution in [3.63, 3.8) is 0 Å². The summed E-state index contributed by atoms with van der Waals surface area (Å²) >= 11 is 1.52. The summed E-state index contributed by atoms with van der Waals surface area (Å²) in [7, 11) is 0. The molecule has 0 bridgehead atoms. The predicted molar refractivity (Wildman–Crippen MR) is 127 cm³/mol. The number of benzene rings is 3. The summed E-state index contributed by atoms with van der Waals surface area (Å²) in [6, 6.07) is 30.4. The number of fused-ring (bicyclic) bond motifs is 1. The van der Waals surface area contributed by atoms with Gasteiger partial charge in [0.05, 0.1) is 16.8 Å². The Bertz CT molecular complexity index is 1330. The van der Waals surface area contributed by atoms with E-state index >= 15 is 0 Å². The zero-order valence-electron chi connectivity index (χ0n) is 16.7. The van der Waals surface area contributed by atoms with Gasteiger partial charge >= 0.3 is 0 Å². The number of rotatable bonds is 6. The second kappa shape index (κ2) is 8.98. The number of pyridine rings is 1. The van der Waals surface area contributed by atoms with Gasteiger partial charge in [0.15, 0.2) is 0 Å². The quantitative estimate of drug-likeness (QED) is 0.284. The molecule has 5 aromatic rings. The fourth-order valence-corrected chi connectivity index (χ4v) is 3.93. The Balaban J connectivity index is 1.42. The van der Waals surface area contributed by atoms with Gasteiger partial charge in [0, 0.05) is 16.7 Å². The van der Waals surface area contributed by atoms with E-state index in [-0.39, 0.29) is 0 Å². The van der Waals surface area contributed by atoms with Crippen LogP contribution >= 0.6 is 11.8 Å². The maximum Gasteiger partial charge on any atom is 0.277 e. The van der Waals surface area contributed by atoms with Crippen LogP contribution in [0.15, 0.2) is 107 Å². The molecule has 150 valence electrons. The van der Waals surface area contributed by atoms with Crippen molar-refractivity contribution in [1.82, 2.24) is 15.2 Å². The first kappa shape index (κ1) is 19.3. The third kappa shape index (κ3) is 4.42. The van der Waals surface area contributed by atoms with Gasteiger partial charge in [0.1, 0.15) is 0 Å². The summed E-state index contributed by atoms with van der Waals surface area (Å²) in [4.78, 5) is 4.82. The maximum atomic E-state index is 6.00.